The molecule has 0 saturated carbocycles. The molecule has 0 amide bonds. The summed E-state index contributed by atoms with van der Waals surface area (Å²) in [4.78, 5) is 0.236. The topological polar surface area (TPSA) is 48.4 Å². The van der Waals surface area contributed by atoms with Crippen LogP contribution in [0.25, 0.3) is 11.0 Å². The fourth-order valence-corrected chi connectivity index (χ4v) is 2.16. The lowest BCUT2D eigenvalue weighted by molar-refractivity contribution is 0.303. The van der Waals surface area contributed by atoms with Gasteiger partial charge in [0.1, 0.15) is 10.6 Å². The molecule has 4 heteroatoms. The number of hydrogen-bond acceptors (Lipinski definition) is 3. The Bertz CT molecular complexity index is 562. The molecule has 102 valence electrons. The van der Waals surface area contributed by atoms with Crippen LogP contribution in [0.2, 0.25) is 0 Å². The largest absolute Gasteiger partial charge is 0.489 e. The number of fused-ring (bicyclic) bond motifs is 1. The Kier molecular flexibility index (Phi) is 4.80. The molecule has 1 aromatic heterocycles. The van der Waals surface area contributed by atoms with Crippen LogP contribution in [-0.4, -0.2) is 11.6 Å². The minimum atomic E-state index is 0.236. The molecular weight excluding hydrogens is 258 g/mol. The molecule has 0 bridgehead atoms. The zero-order valence-electron chi connectivity index (χ0n) is 11.1. The lowest BCUT2D eigenvalue weighted by Crippen LogP contribution is -2.10. The van der Waals surface area contributed by atoms with Crippen molar-refractivity contribution in [2.45, 2.75) is 32.6 Å². The molecule has 2 rings (SSSR count). The van der Waals surface area contributed by atoms with Gasteiger partial charge >= 0.3 is 0 Å². The zero-order valence-corrected chi connectivity index (χ0v) is 12.0. The third kappa shape index (κ3) is 3.26. The molecule has 2 aromatic rings. The van der Waals surface area contributed by atoms with Crippen LogP contribution in [-0.2, 0) is 0 Å². The number of furan rings is 1. The van der Waals surface area contributed by atoms with E-state index in [4.69, 9.17) is 27.1 Å². The number of rotatable bonds is 7. The molecule has 0 radical (unpaired) electrons. The third-order valence-corrected chi connectivity index (χ3v) is 3.20. The van der Waals surface area contributed by atoms with Crippen LogP contribution in [0.3, 0.4) is 0 Å². The van der Waals surface area contributed by atoms with Crippen LogP contribution in [0.4, 0.5) is 0 Å². The first-order chi connectivity index (χ1) is 9.24. The fraction of sp³-hybridized carbons (Fsp3) is 0.400. The second-order valence-corrected chi connectivity index (χ2v) is 4.97. The second-order valence-electron chi connectivity index (χ2n) is 4.53. The Morgan fingerprint density at radius 3 is 2.79 bits per heavy atom. The van der Waals surface area contributed by atoms with E-state index < -0.39 is 0 Å². The van der Waals surface area contributed by atoms with Gasteiger partial charge in [0.15, 0.2) is 5.75 Å². The van der Waals surface area contributed by atoms with Crippen LogP contribution in [0, 0.1) is 0 Å². The molecule has 19 heavy (non-hydrogen) atoms. The van der Waals surface area contributed by atoms with Gasteiger partial charge < -0.3 is 14.9 Å². The van der Waals surface area contributed by atoms with E-state index in [0.717, 1.165) is 17.4 Å². The normalized spacial score (nSPS) is 10.8. The summed E-state index contributed by atoms with van der Waals surface area (Å²) in [5.41, 5.74) is 6.45. The standard InChI is InChI=1S/C15H19NO2S/c1-2-3-4-7-10-17-13-11-8-5-6-9-12(11)18-14(13)15(16)19/h5-6,8-9H,2-4,7,10H2,1H3,(H2,16,19). The first kappa shape index (κ1) is 13.9. The predicted molar refractivity (Wildman–Crippen MR) is 81.7 cm³/mol. The molecule has 0 unspecified atom stereocenters. The quantitative estimate of drug-likeness (QED) is 0.613. The van der Waals surface area contributed by atoms with Crippen molar-refractivity contribution < 1.29 is 9.15 Å². The lowest BCUT2D eigenvalue weighted by atomic mass is 10.2. The number of thiocarbonyl (C=S) groups is 1. The van der Waals surface area contributed by atoms with Gasteiger partial charge in [-0.05, 0) is 18.6 Å². The monoisotopic (exact) mass is 277 g/mol. The molecule has 2 N–H and O–H groups in total. The van der Waals surface area contributed by atoms with E-state index in [1.165, 1.54) is 19.3 Å². The van der Waals surface area contributed by atoms with Crippen LogP contribution in [0.1, 0.15) is 38.4 Å². The highest BCUT2D eigenvalue weighted by molar-refractivity contribution is 7.80. The van der Waals surface area contributed by atoms with Crippen molar-refractivity contribution in [3.63, 3.8) is 0 Å². The first-order valence-corrected chi connectivity index (χ1v) is 7.09. The highest BCUT2D eigenvalue weighted by atomic mass is 32.1. The maximum atomic E-state index is 5.84. The van der Waals surface area contributed by atoms with Crippen molar-refractivity contribution in [2.24, 2.45) is 5.73 Å². The van der Waals surface area contributed by atoms with E-state index >= 15 is 0 Å². The Morgan fingerprint density at radius 2 is 2.05 bits per heavy atom. The summed E-state index contributed by atoms with van der Waals surface area (Å²) in [6.45, 7) is 2.86. The van der Waals surface area contributed by atoms with Gasteiger partial charge in [-0.15, -0.1) is 0 Å². The van der Waals surface area contributed by atoms with E-state index in [-0.39, 0.29) is 4.99 Å². The van der Waals surface area contributed by atoms with Gasteiger partial charge in [0, 0.05) is 0 Å². The van der Waals surface area contributed by atoms with Crippen LogP contribution < -0.4 is 10.5 Å². The molecule has 0 aliphatic rings. The van der Waals surface area contributed by atoms with Gasteiger partial charge in [0.25, 0.3) is 0 Å². The molecular formula is C15H19NO2S. The molecule has 0 aliphatic carbocycles. The van der Waals surface area contributed by atoms with Gasteiger partial charge in [-0.2, -0.15) is 0 Å². The molecule has 3 nitrogen and oxygen atoms in total. The van der Waals surface area contributed by atoms with E-state index in [2.05, 4.69) is 6.92 Å². The number of ether oxygens (including phenoxy) is 1. The maximum absolute atomic E-state index is 5.84. The smallest absolute Gasteiger partial charge is 0.204 e. The van der Waals surface area contributed by atoms with Crippen LogP contribution in [0.5, 0.6) is 5.75 Å². The number of nitrogens with two attached hydrogens (primary N) is 1. The Labute approximate surface area is 118 Å². The molecule has 1 heterocycles. The van der Waals surface area contributed by atoms with Crippen molar-refractivity contribution >= 4 is 28.2 Å². The van der Waals surface area contributed by atoms with Crippen molar-refractivity contribution in [1.29, 1.82) is 0 Å². The highest BCUT2D eigenvalue weighted by Crippen LogP contribution is 2.33. The minimum absolute atomic E-state index is 0.236. The maximum Gasteiger partial charge on any atom is 0.204 e. The van der Waals surface area contributed by atoms with Crippen molar-refractivity contribution in [3.05, 3.63) is 30.0 Å². The Balaban J connectivity index is 2.15. The molecule has 0 fully saturated rings. The fourth-order valence-electron chi connectivity index (χ4n) is 2.03. The van der Waals surface area contributed by atoms with Crippen molar-refractivity contribution in [1.82, 2.24) is 0 Å². The van der Waals surface area contributed by atoms with E-state index in [1.807, 2.05) is 24.3 Å². The van der Waals surface area contributed by atoms with Crippen LogP contribution in [0.15, 0.2) is 28.7 Å². The average molecular weight is 277 g/mol. The van der Waals surface area contributed by atoms with Gasteiger partial charge in [-0.3, -0.25) is 0 Å². The number of unbranched alkanes of at least 4 members (excludes halogenated alkanes) is 3. The zero-order chi connectivity index (χ0) is 13.7. The summed E-state index contributed by atoms with van der Waals surface area (Å²) < 4.78 is 11.5. The summed E-state index contributed by atoms with van der Waals surface area (Å²) >= 11 is 5.02. The van der Waals surface area contributed by atoms with Gasteiger partial charge in [0.2, 0.25) is 5.76 Å². The number of hydrogen-bond donors (Lipinski definition) is 1. The summed E-state index contributed by atoms with van der Waals surface area (Å²) in [6, 6.07) is 7.72. The summed E-state index contributed by atoms with van der Waals surface area (Å²) in [7, 11) is 0. The number of para-hydroxylation sites is 1. The lowest BCUT2D eigenvalue weighted by Gasteiger charge is -2.05. The predicted octanol–water partition coefficient (Wildman–Crippen LogP) is 4.03. The summed E-state index contributed by atoms with van der Waals surface area (Å²) in [5.74, 6) is 1.16. The highest BCUT2D eigenvalue weighted by Gasteiger charge is 2.17. The van der Waals surface area contributed by atoms with E-state index in [9.17, 15) is 0 Å². The van der Waals surface area contributed by atoms with Gasteiger partial charge in [-0.1, -0.05) is 50.5 Å². The number of benzene rings is 1. The van der Waals surface area contributed by atoms with E-state index in [1.54, 1.807) is 0 Å². The molecule has 0 aliphatic heterocycles. The molecule has 0 atom stereocenters. The van der Waals surface area contributed by atoms with Gasteiger partial charge in [-0.25, -0.2) is 0 Å². The first-order valence-electron chi connectivity index (χ1n) is 6.68. The second kappa shape index (κ2) is 6.57. The molecule has 0 saturated heterocycles. The third-order valence-electron chi connectivity index (χ3n) is 3.02. The van der Waals surface area contributed by atoms with Crippen molar-refractivity contribution in [2.75, 3.05) is 6.61 Å². The van der Waals surface area contributed by atoms with E-state index in [0.29, 0.717) is 18.1 Å². The van der Waals surface area contributed by atoms with Gasteiger partial charge in [0.05, 0.1) is 12.0 Å². The minimum Gasteiger partial charge on any atom is -0.489 e. The Hall–Kier alpha value is -1.55. The molecule has 1 aromatic carbocycles. The summed E-state index contributed by atoms with van der Waals surface area (Å²) in [5, 5.41) is 0.931. The van der Waals surface area contributed by atoms with Crippen molar-refractivity contribution in [3.8, 4) is 5.75 Å². The average Bonchev–Trinajstić information content (AvgIpc) is 2.78. The Morgan fingerprint density at radius 1 is 1.26 bits per heavy atom. The van der Waals surface area contributed by atoms with Crippen LogP contribution >= 0.6 is 12.2 Å². The molecule has 0 spiro atoms. The summed E-state index contributed by atoms with van der Waals surface area (Å²) in [6.07, 6.45) is 4.66. The SMILES string of the molecule is CCCCCCOc1c(C(N)=S)oc2ccccc12.